The SMILES string of the molecule is O=CC1(NCC2(O)CN(C(=O)c3ccc(F)c(F)c3Nc3ccc(I)cc3F)C2)CCCC1. The summed E-state index contributed by atoms with van der Waals surface area (Å²) < 4.78 is 43.4. The summed E-state index contributed by atoms with van der Waals surface area (Å²) in [5, 5.41) is 16.4. The number of likely N-dealkylation sites (tertiary alicyclic amines) is 1. The van der Waals surface area contributed by atoms with Crippen molar-refractivity contribution < 1.29 is 27.9 Å². The van der Waals surface area contributed by atoms with E-state index in [1.165, 1.54) is 17.0 Å². The Hall–Kier alpha value is -2.18. The van der Waals surface area contributed by atoms with Gasteiger partial charge >= 0.3 is 0 Å². The van der Waals surface area contributed by atoms with Crippen molar-refractivity contribution in [1.82, 2.24) is 10.2 Å². The molecule has 4 rings (SSSR count). The Morgan fingerprint density at radius 2 is 1.82 bits per heavy atom. The third-order valence-electron chi connectivity index (χ3n) is 6.26. The van der Waals surface area contributed by atoms with E-state index in [1.807, 2.05) is 22.6 Å². The standard InChI is InChI=1S/C23H23F3IN3O3/c24-16-5-4-15(20(19(16)26)29-18-6-3-14(27)9-17(18)25)21(32)30-11-23(33,12-30)10-28-22(13-31)7-1-2-8-22/h3-6,9,13,28-29,33H,1-2,7-8,10-12H2. The third-order valence-corrected chi connectivity index (χ3v) is 6.94. The van der Waals surface area contributed by atoms with Gasteiger partial charge in [0.2, 0.25) is 0 Å². The van der Waals surface area contributed by atoms with Gasteiger partial charge < -0.3 is 25.4 Å². The minimum absolute atomic E-state index is 0.0376. The third kappa shape index (κ3) is 4.87. The van der Waals surface area contributed by atoms with Gasteiger partial charge in [-0.05, 0) is 65.8 Å². The molecule has 3 N–H and O–H groups in total. The van der Waals surface area contributed by atoms with E-state index in [2.05, 4.69) is 10.6 Å². The van der Waals surface area contributed by atoms with Crippen LogP contribution in [-0.4, -0.2) is 53.0 Å². The fourth-order valence-electron chi connectivity index (χ4n) is 4.35. The maximum atomic E-state index is 14.6. The fraction of sp³-hybridized carbons (Fsp3) is 0.391. The number of halogens is 4. The zero-order chi connectivity index (χ0) is 23.8. The van der Waals surface area contributed by atoms with Gasteiger partial charge in [-0.2, -0.15) is 0 Å². The Morgan fingerprint density at radius 3 is 2.45 bits per heavy atom. The van der Waals surface area contributed by atoms with Crippen molar-refractivity contribution in [2.75, 3.05) is 25.0 Å². The van der Waals surface area contributed by atoms with Crippen LogP contribution < -0.4 is 10.6 Å². The summed E-state index contributed by atoms with van der Waals surface area (Å²) in [6, 6.07) is 6.14. The number of benzene rings is 2. The van der Waals surface area contributed by atoms with Crippen molar-refractivity contribution in [3.63, 3.8) is 0 Å². The number of nitrogens with zero attached hydrogens (tertiary/aromatic N) is 1. The van der Waals surface area contributed by atoms with E-state index in [0.717, 1.165) is 31.3 Å². The molecule has 0 spiro atoms. The summed E-state index contributed by atoms with van der Waals surface area (Å²) in [5.74, 6) is -3.78. The number of aliphatic hydroxyl groups is 1. The number of hydrogen-bond acceptors (Lipinski definition) is 5. The number of carbonyl (C=O) groups excluding carboxylic acids is 2. The zero-order valence-corrected chi connectivity index (χ0v) is 19.8. The molecule has 33 heavy (non-hydrogen) atoms. The summed E-state index contributed by atoms with van der Waals surface area (Å²) >= 11 is 1.92. The van der Waals surface area contributed by atoms with E-state index in [4.69, 9.17) is 0 Å². The maximum absolute atomic E-state index is 14.6. The number of anilines is 2. The van der Waals surface area contributed by atoms with Crippen LogP contribution in [0.25, 0.3) is 0 Å². The van der Waals surface area contributed by atoms with Gasteiger partial charge in [0.25, 0.3) is 5.91 Å². The first-order valence-corrected chi connectivity index (χ1v) is 11.7. The van der Waals surface area contributed by atoms with Gasteiger partial charge in [0.15, 0.2) is 11.6 Å². The highest BCUT2D eigenvalue weighted by atomic mass is 127. The first kappa shape index (κ1) is 24.0. The lowest BCUT2D eigenvalue weighted by molar-refractivity contribution is -0.115. The molecule has 2 aromatic carbocycles. The van der Waals surface area contributed by atoms with Gasteiger partial charge in [-0.25, -0.2) is 13.2 Å². The molecule has 176 valence electrons. The lowest BCUT2D eigenvalue weighted by Gasteiger charge is -2.47. The summed E-state index contributed by atoms with van der Waals surface area (Å²) in [6.07, 6.45) is 4.15. The van der Waals surface area contributed by atoms with Crippen molar-refractivity contribution in [2.45, 2.75) is 36.8 Å². The van der Waals surface area contributed by atoms with Crippen molar-refractivity contribution in [2.24, 2.45) is 0 Å². The minimum Gasteiger partial charge on any atom is -0.385 e. The van der Waals surface area contributed by atoms with Crippen LogP contribution in [0.4, 0.5) is 24.5 Å². The molecule has 0 radical (unpaired) electrons. The van der Waals surface area contributed by atoms with Gasteiger partial charge in [0, 0.05) is 10.1 Å². The highest BCUT2D eigenvalue weighted by Gasteiger charge is 2.46. The van der Waals surface area contributed by atoms with Crippen LogP contribution in [0.15, 0.2) is 30.3 Å². The molecule has 2 aliphatic rings. The average molecular weight is 573 g/mol. The van der Waals surface area contributed by atoms with E-state index >= 15 is 0 Å². The topological polar surface area (TPSA) is 81.7 Å². The van der Waals surface area contributed by atoms with Crippen LogP contribution in [0, 0.1) is 21.0 Å². The second-order valence-corrected chi connectivity index (χ2v) is 10.00. The molecule has 2 aromatic rings. The Kier molecular flexibility index (Phi) is 6.70. The molecule has 10 heteroatoms. The Balaban J connectivity index is 1.49. The number of aldehydes is 1. The number of β-amino-alcohol motifs (C(OH)–C–C–N with tert-alkyl or cyclic N) is 1. The lowest BCUT2D eigenvalue weighted by Crippen LogP contribution is -2.69. The van der Waals surface area contributed by atoms with Crippen LogP contribution in [0.1, 0.15) is 36.0 Å². The molecule has 1 saturated heterocycles. The van der Waals surface area contributed by atoms with Gasteiger partial charge in [0.05, 0.1) is 35.6 Å². The first-order chi connectivity index (χ1) is 15.7. The molecule has 0 bridgehead atoms. The number of carbonyl (C=O) groups is 2. The predicted octanol–water partition coefficient (Wildman–Crippen LogP) is 3.74. The van der Waals surface area contributed by atoms with E-state index in [1.54, 1.807) is 6.07 Å². The number of rotatable bonds is 7. The number of hydrogen-bond donors (Lipinski definition) is 3. The smallest absolute Gasteiger partial charge is 0.256 e. The molecule has 6 nitrogen and oxygen atoms in total. The molecule has 1 aliphatic carbocycles. The van der Waals surface area contributed by atoms with Gasteiger partial charge in [0.1, 0.15) is 17.7 Å². The molecule has 1 aliphatic heterocycles. The maximum Gasteiger partial charge on any atom is 0.256 e. The number of amides is 1. The average Bonchev–Trinajstić information content (AvgIpc) is 3.24. The van der Waals surface area contributed by atoms with Gasteiger partial charge in [-0.3, -0.25) is 4.79 Å². The van der Waals surface area contributed by atoms with Crippen LogP contribution in [-0.2, 0) is 4.79 Å². The van der Waals surface area contributed by atoms with Crippen LogP contribution >= 0.6 is 22.6 Å². The molecule has 1 amide bonds. The molecule has 0 unspecified atom stereocenters. The fourth-order valence-corrected chi connectivity index (χ4v) is 4.80. The summed E-state index contributed by atoms with van der Waals surface area (Å²) in [5.41, 5.74) is -2.63. The molecule has 0 aromatic heterocycles. The highest BCUT2D eigenvalue weighted by molar-refractivity contribution is 14.1. The molecule has 1 saturated carbocycles. The predicted molar refractivity (Wildman–Crippen MR) is 125 cm³/mol. The highest BCUT2D eigenvalue weighted by Crippen LogP contribution is 2.33. The van der Waals surface area contributed by atoms with E-state index in [-0.39, 0.29) is 30.9 Å². The Morgan fingerprint density at radius 1 is 1.12 bits per heavy atom. The molecular formula is C23H23F3IN3O3. The summed E-state index contributed by atoms with van der Waals surface area (Å²) in [4.78, 5) is 25.8. The molecule has 1 heterocycles. The van der Waals surface area contributed by atoms with Crippen molar-refractivity contribution in [1.29, 1.82) is 0 Å². The van der Waals surface area contributed by atoms with Gasteiger partial charge in [-0.15, -0.1) is 0 Å². The van der Waals surface area contributed by atoms with Crippen molar-refractivity contribution >= 4 is 46.2 Å². The van der Waals surface area contributed by atoms with Crippen LogP contribution in [0.5, 0.6) is 0 Å². The second kappa shape index (κ2) is 9.22. The summed E-state index contributed by atoms with van der Waals surface area (Å²) in [7, 11) is 0. The first-order valence-electron chi connectivity index (χ1n) is 10.6. The van der Waals surface area contributed by atoms with E-state index in [9.17, 15) is 27.9 Å². The number of nitrogens with one attached hydrogen (secondary N) is 2. The molecule has 0 atom stereocenters. The Labute approximate surface area is 202 Å². The zero-order valence-electron chi connectivity index (χ0n) is 17.6. The van der Waals surface area contributed by atoms with E-state index < -0.39 is 40.2 Å². The second-order valence-electron chi connectivity index (χ2n) is 8.75. The van der Waals surface area contributed by atoms with Gasteiger partial charge in [-0.1, -0.05) is 12.8 Å². The molecule has 2 fully saturated rings. The minimum atomic E-state index is -1.30. The van der Waals surface area contributed by atoms with Crippen LogP contribution in [0.2, 0.25) is 0 Å². The van der Waals surface area contributed by atoms with Crippen molar-refractivity contribution in [3.8, 4) is 0 Å². The van der Waals surface area contributed by atoms with E-state index in [0.29, 0.717) is 16.4 Å². The normalized spacial score (nSPS) is 18.6. The van der Waals surface area contributed by atoms with Crippen LogP contribution in [0.3, 0.4) is 0 Å². The van der Waals surface area contributed by atoms with Crippen molar-refractivity contribution in [3.05, 3.63) is 56.9 Å². The Bertz CT molecular complexity index is 1090. The summed E-state index contributed by atoms with van der Waals surface area (Å²) in [6.45, 7) is 0.0560. The lowest BCUT2D eigenvalue weighted by atomic mass is 9.90. The monoisotopic (exact) mass is 573 g/mol. The quantitative estimate of drug-likeness (QED) is 0.348. The molecular weight excluding hydrogens is 550 g/mol. The largest absolute Gasteiger partial charge is 0.385 e.